The van der Waals surface area contributed by atoms with Crippen LogP contribution in [0.4, 0.5) is 0 Å². The molecule has 8 heterocycles. The van der Waals surface area contributed by atoms with Gasteiger partial charge in [0.15, 0.2) is 6.20 Å². The summed E-state index contributed by atoms with van der Waals surface area (Å²) in [7, 11) is 8.48. The number of rotatable bonds is 18. The Hall–Kier alpha value is -11.8. The van der Waals surface area contributed by atoms with E-state index in [1.54, 1.807) is 6.92 Å². The smallest absolute Gasteiger partial charge is 0.293 e. The minimum Gasteiger partial charge on any atom is -0.293 e. The molecule has 0 saturated carbocycles. The van der Waals surface area contributed by atoms with Crippen molar-refractivity contribution >= 4 is 44.5 Å². The summed E-state index contributed by atoms with van der Waals surface area (Å²) >= 11 is 0. The first-order chi connectivity index (χ1) is 61.8. The average Bonchev–Trinajstić information content (AvgIpc) is 1.58. The van der Waals surface area contributed by atoms with Crippen LogP contribution in [0.3, 0.4) is 0 Å². The molecule has 8 aromatic carbocycles. The number of pyridine rings is 4. The molecule has 12 heteroatoms. The van der Waals surface area contributed by atoms with E-state index in [0.717, 1.165) is 68.5 Å². The van der Waals surface area contributed by atoms with Crippen LogP contribution in [-0.2, 0) is 41.0 Å². The summed E-state index contributed by atoms with van der Waals surface area (Å²) in [6.07, 6.45) is 3.50. The van der Waals surface area contributed by atoms with Crippen molar-refractivity contribution in [2.75, 3.05) is 0 Å². The number of nitrogens with zero attached hydrogens (tertiary/aromatic N) is 12. The van der Waals surface area contributed by atoms with Crippen LogP contribution in [0.2, 0.25) is 0 Å². The van der Waals surface area contributed by atoms with Gasteiger partial charge in [-0.25, -0.2) is 18.7 Å². The van der Waals surface area contributed by atoms with Gasteiger partial charge < -0.3 is 0 Å². The Morgan fingerprint density at radius 3 is 0.893 bits per heavy atom. The molecule has 0 aliphatic rings. The second-order valence-electron chi connectivity index (χ2n) is 39.2. The maximum Gasteiger partial charge on any atom is 0.349 e. The summed E-state index contributed by atoms with van der Waals surface area (Å²) in [5.74, 6) is 5.80. The number of imidazole rings is 4. The van der Waals surface area contributed by atoms with Gasteiger partial charge in [-0.05, 0) is 295 Å². The van der Waals surface area contributed by atoms with Crippen LogP contribution in [0.15, 0.2) is 176 Å². The number of hydrogen-bond acceptors (Lipinski definition) is 4. The van der Waals surface area contributed by atoms with Crippen LogP contribution in [-0.4, -0.2) is 38.2 Å². The normalized spacial score (nSPS) is 12.0. The molecule has 0 amide bonds. The van der Waals surface area contributed by atoms with Crippen molar-refractivity contribution < 1.29 is 21.0 Å². The van der Waals surface area contributed by atoms with E-state index >= 15 is 0 Å². The number of hydrogen-bond donors (Lipinski definition) is 0. The Balaban J connectivity index is 0.000000170. The minimum atomic E-state index is -1.61. The van der Waals surface area contributed by atoms with Crippen molar-refractivity contribution in [1.29, 1.82) is 0 Å². The van der Waals surface area contributed by atoms with Gasteiger partial charge in [-0.3, -0.25) is 18.3 Å². The topological polar surface area (TPSA) is 86.8 Å². The van der Waals surface area contributed by atoms with E-state index in [0.29, 0.717) is 53.2 Å². The Morgan fingerprint density at radius 2 is 0.588 bits per heavy atom. The Morgan fingerprint density at radius 1 is 0.313 bits per heavy atom. The number of fused-ring (bicyclic) bond motifs is 4. The van der Waals surface area contributed by atoms with Crippen LogP contribution in [0.5, 0.6) is 0 Å². The number of benzene rings is 8. The molecule has 0 bridgehead atoms. The Labute approximate surface area is 789 Å². The van der Waals surface area contributed by atoms with Gasteiger partial charge >= 0.3 is 16.9 Å². The summed E-state index contributed by atoms with van der Waals surface area (Å²) in [4.78, 5) is 20.1. The van der Waals surface area contributed by atoms with E-state index in [-0.39, 0.29) is 14.9 Å². The fourth-order valence-corrected chi connectivity index (χ4v) is 19.6. The van der Waals surface area contributed by atoms with E-state index < -0.39 is 6.37 Å². The Bertz CT molecular complexity index is 6930. The third-order valence-corrected chi connectivity index (χ3v) is 27.1. The van der Waals surface area contributed by atoms with Crippen molar-refractivity contribution in [1.82, 2.24) is 38.2 Å². The highest BCUT2D eigenvalue weighted by Crippen LogP contribution is 2.42. The van der Waals surface area contributed by atoms with Crippen molar-refractivity contribution in [2.45, 2.75) is 290 Å². The maximum absolute atomic E-state index is 8.70. The first-order valence-electron chi connectivity index (χ1n) is 48.2. The van der Waals surface area contributed by atoms with Gasteiger partial charge in [-0.15, -0.1) is 0 Å². The summed E-state index contributed by atoms with van der Waals surface area (Å²) in [6, 6.07) is 60.3. The van der Waals surface area contributed by atoms with E-state index in [1.165, 1.54) is 173 Å². The molecular formula is C119H154N12+4. The van der Waals surface area contributed by atoms with Crippen molar-refractivity contribution in [3.8, 4) is 67.8 Å². The second-order valence-corrected chi connectivity index (χ2v) is 39.2. The lowest BCUT2D eigenvalue weighted by atomic mass is 9.92. The van der Waals surface area contributed by atoms with Crippen molar-refractivity contribution in [3.05, 3.63) is 305 Å². The highest BCUT2D eigenvalue weighted by molar-refractivity contribution is 5.83. The van der Waals surface area contributed by atoms with Gasteiger partial charge in [0.25, 0.3) is 0 Å². The Kier molecular flexibility index (Phi) is 29.9. The predicted octanol–water partition coefficient (Wildman–Crippen LogP) is 29.5. The number of para-hydroxylation sites is 4. The van der Waals surface area contributed by atoms with Gasteiger partial charge in [0, 0.05) is 50.8 Å². The number of aromatic nitrogens is 12. The van der Waals surface area contributed by atoms with E-state index in [4.69, 9.17) is 22.7 Å². The van der Waals surface area contributed by atoms with Crippen LogP contribution in [0.25, 0.3) is 112 Å². The molecule has 0 N–H and O–H groups in total. The molecule has 0 atom stereocenters. The molecule has 0 fully saturated rings. The highest BCUT2D eigenvalue weighted by atomic mass is 15.2. The zero-order chi connectivity index (χ0) is 95.6. The first-order valence-corrected chi connectivity index (χ1v) is 47.2. The van der Waals surface area contributed by atoms with Crippen LogP contribution < -0.4 is 18.3 Å². The SMILES string of the molecule is C.C.CCc1nc2c(ccc(-c3cc(C)cc(C)c3C)[n+]2C)n1-c1c(C(C)C)cccc1C(C)C.Cc1cc(C)c(C)c(-c2cc3ncn(-c4c(C(C)C)cccc4C(C)C)c3c[n+]2C)c1.Cc1cc(C)c(C)c(-c2ccc3c(nc(C)n3-c3c(C(C)C)cccc3C(C)C)[n+]2C)c1.[2H]C([2H])(C)c1nc2c(ccc(-c3cc(C)cc(C)c3C)[n+]2C)n1-c1c(C(C)C)cccc1C(C)C. The molecule has 0 saturated heterocycles. The molecule has 131 heavy (non-hydrogen) atoms. The minimum absolute atomic E-state index is 0. The second kappa shape index (κ2) is 40.5. The zero-order valence-electron chi connectivity index (χ0n) is 86.4. The molecular weight excluding hydrogens is 1600 g/mol. The molecule has 0 unspecified atom stereocenters. The largest absolute Gasteiger partial charge is 0.349 e. The van der Waals surface area contributed by atoms with Crippen LogP contribution in [0.1, 0.15) is 318 Å². The number of aryl methyl sites for hydroxylation is 15. The molecule has 0 aliphatic heterocycles. The average molecular weight is 1750 g/mol. The van der Waals surface area contributed by atoms with E-state index in [2.05, 4.69) is 435 Å². The summed E-state index contributed by atoms with van der Waals surface area (Å²) in [6.45, 7) is 68.2. The fourth-order valence-electron chi connectivity index (χ4n) is 19.6. The quantitative estimate of drug-likeness (QED) is 0.0801. The van der Waals surface area contributed by atoms with E-state index in [9.17, 15) is 0 Å². The first kappa shape index (κ1) is 96.8. The highest BCUT2D eigenvalue weighted by Gasteiger charge is 2.33. The lowest BCUT2D eigenvalue weighted by molar-refractivity contribution is -0.659. The van der Waals surface area contributed by atoms with Gasteiger partial charge in [0.05, 0.1) is 43.9 Å². The van der Waals surface area contributed by atoms with Crippen molar-refractivity contribution in [3.63, 3.8) is 0 Å². The van der Waals surface area contributed by atoms with Crippen LogP contribution in [0, 0.1) is 90.0 Å². The molecule has 16 rings (SSSR count). The van der Waals surface area contributed by atoms with Gasteiger partial charge in [-0.2, -0.15) is 4.57 Å². The van der Waals surface area contributed by atoms with Gasteiger partial charge in [-0.1, -0.05) is 259 Å². The van der Waals surface area contributed by atoms with E-state index in [1.807, 2.05) is 13.4 Å². The summed E-state index contributed by atoms with van der Waals surface area (Å²) in [5.41, 5.74) is 49.2. The molecule has 12 nitrogen and oxygen atoms in total. The molecule has 0 radical (unpaired) electrons. The molecule has 8 aromatic heterocycles. The molecule has 686 valence electrons. The maximum atomic E-state index is 8.70. The monoisotopic (exact) mass is 1750 g/mol. The van der Waals surface area contributed by atoms with Crippen LogP contribution >= 0.6 is 0 Å². The van der Waals surface area contributed by atoms with Gasteiger partial charge in [0.1, 0.15) is 58.0 Å². The zero-order valence-corrected chi connectivity index (χ0v) is 84.4. The fraction of sp³-hybridized carbons (Fsp3) is 0.395. The third kappa shape index (κ3) is 19.2. The molecule has 0 spiro atoms. The molecule has 16 aromatic rings. The standard InChI is InChI=1S/2C30H38N3.C29H36N3.C28H34N3.2CH4/c2*1-10-28-31-30-27(33(28)29-23(18(2)3)12-11-13-24(29)19(4)5)15-14-26(32(30)9)25-17-20(6)16-21(7)22(25)8;1-17(2)23-11-10-12-24(18(3)4)28(23)32-22(8)30-29-27(32)14-13-26(31(29)9)25-16-19(5)15-20(6)21(25)7;1-17(2)22-10-9-11-23(18(3)4)28(22)31-16-29-25-14-26(30(8)15-27(25)31)24-13-19(5)12-20(6)21(24)7;;/h2*11-19H,10H2,1-9H3;10-18H,1-9H3;9-18H,1-8H3;2*1H4/q4*+1;;/i10D2;;;;;. The lowest BCUT2D eigenvalue weighted by Gasteiger charge is -2.21. The third-order valence-electron chi connectivity index (χ3n) is 27.1. The summed E-state index contributed by atoms with van der Waals surface area (Å²) < 4.78 is 35.5. The lowest BCUT2D eigenvalue weighted by Crippen LogP contribution is -2.32. The van der Waals surface area contributed by atoms with Crippen molar-refractivity contribution in [2.24, 2.45) is 28.2 Å². The van der Waals surface area contributed by atoms with Gasteiger partial charge in [0.2, 0.25) is 23.2 Å². The predicted molar refractivity (Wildman–Crippen MR) is 557 cm³/mol. The molecule has 0 aliphatic carbocycles. The summed E-state index contributed by atoms with van der Waals surface area (Å²) in [5, 5.41) is 0.